The first-order valence-corrected chi connectivity index (χ1v) is 7.66. The molecule has 0 aliphatic carbocycles. The molecule has 1 atom stereocenters. The summed E-state index contributed by atoms with van der Waals surface area (Å²) in [5, 5.41) is 0. The summed E-state index contributed by atoms with van der Waals surface area (Å²) in [6.07, 6.45) is 7.41. The van der Waals surface area contributed by atoms with Crippen molar-refractivity contribution in [2.45, 2.75) is 43.6 Å². The van der Waals surface area contributed by atoms with Crippen LogP contribution in [0.5, 0.6) is 0 Å². The van der Waals surface area contributed by atoms with Crippen LogP contribution in [0.15, 0.2) is 0 Å². The minimum atomic E-state index is 0.310. The molecular weight excluding hydrogens is 212 g/mol. The molecule has 1 unspecified atom stereocenters. The summed E-state index contributed by atoms with van der Waals surface area (Å²) in [7, 11) is 0. The lowest BCUT2D eigenvalue weighted by atomic mass is 10.0. The third-order valence-corrected chi connectivity index (χ3v) is 5.87. The number of carbonyl (C=O) groups is 1. The molecule has 1 nitrogen and oxygen atoms in total. The van der Waals surface area contributed by atoms with E-state index in [-0.39, 0.29) is 0 Å². The quantitative estimate of drug-likeness (QED) is 0.493. The fourth-order valence-electron chi connectivity index (χ4n) is 1.70. The van der Waals surface area contributed by atoms with Crippen molar-refractivity contribution in [2.24, 2.45) is 5.92 Å². The average Bonchev–Trinajstić information content (AvgIpc) is 2.71. The first-order valence-electron chi connectivity index (χ1n) is 5.57. The Morgan fingerprint density at radius 3 is 2.57 bits per heavy atom. The zero-order chi connectivity index (χ0) is 10.2. The third kappa shape index (κ3) is 4.26. The third-order valence-electron chi connectivity index (χ3n) is 2.56. The molecular formula is C11H20OS2. The molecule has 1 heterocycles. The van der Waals surface area contributed by atoms with Crippen molar-refractivity contribution in [1.82, 2.24) is 0 Å². The molecule has 0 bridgehead atoms. The first kappa shape index (κ1) is 12.4. The summed E-state index contributed by atoms with van der Waals surface area (Å²) in [5.41, 5.74) is 0. The fraction of sp³-hybridized carbons (Fsp3) is 0.909. The summed E-state index contributed by atoms with van der Waals surface area (Å²) in [6.45, 7) is 2.22. The van der Waals surface area contributed by atoms with Gasteiger partial charge >= 0.3 is 0 Å². The van der Waals surface area contributed by atoms with Crippen LogP contribution < -0.4 is 0 Å². The van der Waals surface area contributed by atoms with Gasteiger partial charge in [0.05, 0.1) is 4.58 Å². The molecule has 0 saturated carbocycles. The van der Waals surface area contributed by atoms with Crippen LogP contribution in [-0.4, -0.2) is 22.4 Å². The number of hydrogen-bond acceptors (Lipinski definition) is 3. The lowest BCUT2D eigenvalue weighted by Crippen LogP contribution is -2.13. The second-order valence-corrected chi connectivity index (χ2v) is 6.56. The van der Waals surface area contributed by atoms with Crippen LogP contribution >= 0.6 is 23.5 Å². The maximum Gasteiger partial charge on any atom is 0.125 e. The molecule has 14 heavy (non-hydrogen) atoms. The number of carbonyl (C=O) groups excluding carboxylic acids is 1. The van der Waals surface area contributed by atoms with Gasteiger partial charge in [-0.25, -0.2) is 0 Å². The van der Waals surface area contributed by atoms with Crippen molar-refractivity contribution in [3.8, 4) is 0 Å². The smallest absolute Gasteiger partial charge is 0.125 e. The highest BCUT2D eigenvalue weighted by Crippen LogP contribution is 2.38. The summed E-state index contributed by atoms with van der Waals surface area (Å²) >= 11 is 3.94. The van der Waals surface area contributed by atoms with Gasteiger partial charge in [-0.1, -0.05) is 32.6 Å². The van der Waals surface area contributed by atoms with Crippen LogP contribution in [0, 0.1) is 5.92 Å². The second-order valence-electron chi connectivity index (χ2n) is 3.76. The normalized spacial score (nSPS) is 19.8. The average molecular weight is 232 g/mol. The van der Waals surface area contributed by atoms with Crippen molar-refractivity contribution < 1.29 is 4.79 Å². The predicted molar refractivity (Wildman–Crippen MR) is 67.0 cm³/mol. The molecule has 0 amide bonds. The Hall–Kier alpha value is 0.370. The van der Waals surface area contributed by atoms with E-state index in [0.717, 1.165) is 6.42 Å². The SMILES string of the molecule is CCCCCCC(C=O)C1SCCS1. The number of thioether (sulfide) groups is 2. The van der Waals surface area contributed by atoms with Crippen molar-refractivity contribution in [2.75, 3.05) is 11.5 Å². The van der Waals surface area contributed by atoms with Crippen LogP contribution in [0.1, 0.15) is 39.0 Å². The van der Waals surface area contributed by atoms with Gasteiger partial charge in [0.15, 0.2) is 0 Å². The molecule has 0 aromatic heterocycles. The molecule has 0 spiro atoms. The molecule has 1 aliphatic rings. The monoisotopic (exact) mass is 232 g/mol. The largest absolute Gasteiger partial charge is 0.303 e. The molecule has 0 aromatic carbocycles. The molecule has 0 aromatic rings. The Balaban J connectivity index is 2.14. The van der Waals surface area contributed by atoms with E-state index in [0.29, 0.717) is 10.5 Å². The van der Waals surface area contributed by atoms with Gasteiger partial charge < -0.3 is 4.79 Å². The van der Waals surface area contributed by atoms with Crippen LogP contribution in [0.3, 0.4) is 0 Å². The van der Waals surface area contributed by atoms with Gasteiger partial charge in [-0.2, -0.15) is 0 Å². The molecule has 1 fully saturated rings. The molecule has 3 heteroatoms. The van der Waals surface area contributed by atoms with Gasteiger partial charge in [0.2, 0.25) is 0 Å². The highest BCUT2D eigenvalue weighted by atomic mass is 32.2. The van der Waals surface area contributed by atoms with Crippen LogP contribution in [-0.2, 0) is 4.79 Å². The van der Waals surface area contributed by atoms with Gasteiger partial charge in [0.1, 0.15) is 6.29 Å². The summed E-state index contributed by atoms with van der Waals surface area (Å²) < 4.78 is 0.564. The van der Waals surface area contributed by atoms with Gasteiger partial charge in [-0.3, -0.25) is 0 Å². The minimum absolute atomic E-state index is 0.310. The van der Waals surface area contributed by atoms with Crippen molar-refractivity contribution >= 4 is 29.8 Å². The van der Waals surface area contributed by atoms with Crippen molar-refractivity contribution in [1.29, 1.82) is 0 Å². The predicted octanol–water partition coefficient (Wildman–Crippen LogP) is 3.58. The summed E-state index contributed by atoms with van der Waals surface area (Å²) in [4.78, 5) is 10.9. The second kappa shape index (κ2) is 7.63. The van der Waals surface area contributed by atoms with Gasteiger partial charge in [0, 0.05) is 17.4 Å². The summed E-state index contributed by atoms with van der Waals surface area (Å²) in [6, 6.07) is 0. The molecule has 0 radical (unpaired) electrons. The molecule has 1 aliphatic heterocycles. The van der Waals surface area contributed by atoms with E-state index < -0.39 is 0 Å². The molecule has 1 rings (SSSR count). The highest BCUT2D eigenvalue weighted by Gasteiger charge is 2.25. The Bertz CT molecular complexity index is 155. The highest BCUT2D eigenvalue weighted by molar-refractivity contribution is 8.20. The standard InChI is InChI=1S/C11H20OS2/c1-2-3-4-5-6-10(9-12)11-13-7-8-14-11/h9-11H,2-8H2,1H3. The van der Waals surface area contributed by atoms with Crippen molar-refractivity contribution in [3.05, 3.63) is 0 Å². The van der Waals surface area contributed by atoms with Crippen LogP contribution in [0.2, 0.25) is 0 Å². The van der Waals surface area contributed by atoms with E-state index in [1.54, 1.807) is 0 Å². The zero-order valence-corrected chi connectivity index (χ0v) is 10.5. The first-order chi connectivity index (χ1) is 6.88. The number of unbranched alkanes of at least 4 members (excludes halogenated alkanes) is 3. The fourth-order valence-corrected chi connectivity index (χ4v) is 4.79. The Morgan fingerprint density at radius 1 is 1.29 bits per heavy atom. The van der Waals surface area contributed by atoms with Gasteiger partial charge in [-0.05, 0) is 6.42 Å². The van der Waals surface area contributed by atoms with Gasteiger partial charge in [-0.15, -0.1) is 23.5 Å². The van der Waals surface area contributed by atoms with Gasteiger partial charge in [0.25, 0.3) is 0 Å². The number of rotatable bonds is 7. The molecule has 82 valence electrons. The Morgan fingerprint density at radius 2 is 2.00 bits per heavy atom. The van der Waals surface area contributed by atoms with Crippen LogP contribution in [0.4, 0.5) is 0 Å². The van der Waals surface area contributed by atoms with E-state index in [1.165, 1.54) is 43.5 Å². The molecule has 1 saturated heterocycles. The summed E-state index contributed by atoms with van der Waals surface area (Å²) in [5.74, 6) is 2.77. The minimum Gasteiger partial charge on any atom is -0.303 e. The van der Waals surface area contributed by atoms with Crippen LogP contribution in [0.25, 0.3) is 0 Å². The van der Waals surface area contributed by atoms with E-state index in [9.17, 15) is 4.79 Å². The molecule has 0 N–H and O–H groups in total. The lowest BCUT2D eigenvalue weighted by Gasteiger charge is -2.15. The maximum atomic E-state index is 10.9. The van der Waals surface area contributed by atoms with E-state index in [1.807, 2.05) is 23.5 Å². The number of aldehydes is 1. The van der Waals surface area contributed by atoms with E-state index >= 15 is 0 Å². The zero-order valence-electron chi connectivity index (χ0n) is 8.91. The Labute approximate surface area is 95.8 Å². The number of hydrogen-bond donors (Lipinski definition) is 0. The topological polar surface area (TPSA) is 17.1 Å². The van der Waals surface area contributed by atoms with E-state index in [2.05, 4.69) is 6.92 Å². The lowest BCUT2D eigenvalue weighted by molar-refractivity contribution is -0.110. The van der Waals surface area contributed by atoms with Crippen molar-refractivity contribution in [3.63, 3.8) is 0 Å². The van der Waals surface area contributed by atoms with E-state index in [4.69, 9.17) is 0 Å². The Kier molecular flexibility index (Phi) is 6.78. The maximum absolute atomic E-state index is 10.9.